The van der Waals surface area contributed by atoms with E-state index in [9.17, 15) is 0 Å². The Morgan fingerprint density at radius 2 is 2.27 bits per heavy atom. The van der Waals surface area contributed by atoms with Crippen LogP contribution in [-0.4, -0.2) is 66.6 Å². The number of hydrogen-bond acceptors (Lipinski definition) is 4. The van der Waals surface area contributed by atoms with E-state index in [-0.39, 0.29) is 0 Å². The zero-order valence-electron chi connectivity index (χ0n) is 9.69. The second-order valence-electron chi connectivity index (χ2n) is 4.76. The molecular weight excluding hydrogens is 206 g/mol. The van der Waals surface area contributed by atoms with E-state index in [4.69, 9.17) is 5.73 Å². The van der Waals surface area contributed by atoms with E-state index in [0.717, 1.165) is 19.1 Å². The highest BCUT2D eigenvalue weighted by Gasteiger charge is 2.30. The fourth-order valence-corrected chi connectivity index (χ4v) is 3.87. The number of piperazine rings is 1. The highest BCUT2D eigenvalue weighted by Crippen LogP contribution is 2.24. The number of hydrogen-bond donors (Lipinski definition) is 1. The third kappa shape index (κ3) is 2.87. The minimum Gasteiger partial charge on any atom is -0.329 e. The van der Waals surface area contributed by atoms with Crippen LogP contribution in [0.1, 0.15) is 12.8 Å². The van der Waals surface area contributed by atoms with Gasteiger partial charge in [0.15, 0.2) is 0 Å². The molecule has 2 unspecified atom stereocenters. The number of thioether (sulfide) groups is 1. The van der Waals surface area contributed by atoms with Crippen LogP contribution in [0.25, 0.3) is 0 Å². The Balaban J connectivity index is 1.93. The van der Waals surface area contributed by atoms with E-state index < -0.39 is 0 Å². The lowest BCUT2D eigenvalue weighted by atomic mass is 10.1. The Kier molecular flexibility index (Phi) is 4.31. The predicted molar refractivity (Wildman–Crippen MR) is 67.4 cm³/mol. The van der Waals surface area contributed by atoms with E-state index in [2.05, 4.69) is 28.6 Å². The molecule has 15 heavy (non-hydrogen) atoms. The Morgan fingerprint density at radius 3 is 2.93 bits per heavy atom. The van der Waals surface area contributed by atoms with Gasteiger partial charge in [0.2, 0.25) is 0 Å². The van der Waals surface area contributed by atoms with Gasteiger partial charge in [-0.25, -0.2) is 0 Å². The van der Waals surface area contributed by atoms with Gasteiger partial charge in [-0.15, -0.1) is 0 Å². The number of rotatable bonds is 2. The molecule has 2 aliphatic rings. The van der Waals surface area contributed by atoms with Gasteiger partial charge in [0.1, 0.15) is 0 Å². The zero-order chi connectivity index (χ0) is 10.7. The molecule has 0 saturated carbocycles. The van der Waals surface area contributed by atoms with Crippen LogP contribution < -0.4 is 5.73 Å². The molecule has 0 aromatic carbocycles. The van der Waals surface area contributed by atoms with Crippen molar-refractivity contribution in [1.29, 1.82) is 0 Å². The maximum absolute atomic E-state index is 5.89. The molecule has 2 saturated heterocycles. The molecule has 2 fully saturated rings. The average Bonchev–Trinajstić information content (AvgIpc) is 2.30. The summed E-state index contributed by atoms with van der Waals surface area (Å²) in [6, 6.07) is 1.39. The Labute approximate surface area is 97.4 Å². The monoisotopic (exact) mass is 229 g/mol. The molecule has 2 heterocycles. The van der Waals surface area contributed by atoms with Crippen molar-refractivity contribution in [3.8, 4) is 0 Å². The first-order chi connectivity index (χ1) is 7.31. The molecule has 0 aromatic rings. The van der Waals surface area contributed by atoms with Crippen LogP contribution in [0.15, 0.2) is 0 Å². The fraction of sp³-hybridized carbons (Fsp3) is 1.00. The van der Waals surface area contributed by atoms with Crippen molar-refractivity contribution in [3.05, 3.63) is 0 Å². The van der Waals surface area contributed by atoms with Crippen molar-refractivity contribution >= 4 is 11.8 Å². The smallest absolute Gasteiger partial charge is 0.0349 e. The first-order valence-corrected chi connectivity index (χ1v) is 7.19. The summed E-state index contributed by atoms with van der Waals surface area (Å²) in [6.07, 6.45) is 2.77. The van der Waals surface area contributed by atoms with Gasteiger partial charge in [0, 0.05) is 44.0 Å². The van der Waals surface area contributed by atoms with E-state index in [1.165, 1.54) is 37.4 Å². The fourth-order valence-electron chi connectivity index (χ4n) is 2.70. The van der Waals surface area contributed by atoms with E-state index in [0.29, 0.717) is 6.04 Å². The van der Waals surface area contributed by atoms with Gasteiger partial charge in [-0.3, -0.25) is 4.90 Å². The van der Waals surface area contributed by atoms with Crippen LogP contribution in [0.2, 0.25) is 0 Å². The van der Waals surface area contributed by atoms with Crippen molar-refractivity contribution in [3.63, 3.8) is 0 Å². The van der Waals surface area contributed by atoms with Gasteiger partial charge in [-0.1, -0.05) is 0 Å². The summed E-state index contributed by atoms with van der Waals surface area (Å²) >= 11 is 2.11. The molecule has 3 nitrogen and oxygen atoms in total. The van der Waals surface area contributed by atoms with Crippen LogP contribution in [0.3, 0.4) is 0 Å². The lowest BCUT2D eigenvalue weighted by molar-refractivity contribution is 0.0599. The summed E-state index contributed by atoms with van der Waals surface area (Å²) < 4.78 is 0. The Bertz CT molecular complexity index is 192. The van der Waals surface area contributed by atoms with Crippen LogP contribution in [-0.2, 0) is 0 Å². The first kappa shape index (κ1) is 11.7. The van der Waals surface area contributed by atoms with Crippen molar-refractivity contribution in [2.45, 2.75) is 24.9 Å². The van der Waals surface area contributed by atoms with Gasteiger partial charge in [-0.05, 0) is 25.6 Å². The van der Waals surface area contributed by atoms with Crippen LogP contribution in [0, 0.1) is 0 Å². The molecule has 2 rings (SSSR count). The first-order valence-electron chi connectivity index (χ1n) is 6.03. The third-order valence-corrected chi connectivity index (χ3v) is 4.81. The largest absolute Gasteiger partial charge is 0.329 e. The van der Waals surface area contributed by atoms with Gasteiger partial charge in [0.25, 0.3) is 0 Å². The standard InChI is InChI=1S/C11H23N3S/c1-13-4-5-14(11(7-12)8-13)10-3-2-6-15-9-10/h10-11H,2-9,12H2,1H3. The summed E-state index contributed by atoms with van der Waals surface area (Å²) in [4.78, 5) is 5.08. The van der Waals surface area contributed by atoms with E-state index in [1.807, 2.05) is 0 Å². The van der Waals surface area contributed by atoms with E-state index in [1.54, 1.807) is 0 Å². The summed E-state index contributed by atoms with van der Waals surface area (Å²) in [5.41, 5.74) is 5.89. The van der Waals surface area contributed by atoms with Crippen molar-refractivity contribution in [2.75, 3.05) is 44.7 Å². The molecule has 0 radical (unpaired) electrons. The molecule has 0 amide bonds. The van der Waals surface area contributed by atoms with Gasteiger partial charge < -0.3 is 10.6 Å². The lowest BCUT2D eigenvalue weighted by Gasteiger charge is -2.45. The molecule has 2 N–H and O–H groups in total. The van der Waals surface area contributed by atoms with Crippen LogP contribution in [0.4, 0.5) is 0 Å². The zero-order valence-corrected chi connectivity index (χ0v) is 10.5. The summed E-state index contributed by atoms with van der Waals surface area (Å²) in [5.74, 6) is 2.68. The van der Waals surface area contributed by atoms with Crippen LogP contribution in [0.5, 0.6) is 0 Å². The highest BCUT2D eigenvalue weighted by atomic mass is 32.2. The predicted octanol–water partition coefficient (Wildman–Crippen LogP) is 0.457. The highest BCUT2D eigenvalue weighted by molar-refractivity contribution is 7.99. The Hall–Kier alpha value is 0.230. The molecule has 2 aliphatic heterocycles. The maximum atomic E-state index is 5.89. The minimum atomic E-state index is 0.590. The number of nitrogens with zero attached hydrogens (tertiary/aromatic N) is 2. The molecule has 88 valence electrons. The van der Waals surface area contributed by atoms with E-state index >= 15 is 0 Å². The van der Waals surface area contributed by atoms with Crippen molar-refractivity contribution in [2.24, 2.45) is 5.73 Å². The SMILES string of the molecule is CN1CCN(C2CCCSC2)C(CN)C1. The molecular formula is C11H23N3S. The maximum Gasteiger partial charge on any atom is 0.0349 e. The van der Waals surface area contributed by atoms with Gasteiger partial charge in [0.05, 0.1) is 0 Å². The number of nitrogens with two attached hydrogens (primary N) is 1. The normalized spacial score (nSPS) is 35.6. The van der Waals surface area contributed by atoms with Gasteiger partial charge >= 0.3 is 0 Å². The van der Waals surface area contributed by atoms with Crippen molar-refractivity contribution in [1.82, 2.24) is 9.80 Å². The number of likely N-dealkylation sites (N-methyl/N-ethyl adjacent to an activating group) is 1. The van der Waals surface area contributed by atoms with Crippen molar-refractivity contribution < 1.29 is 0 Å². The lowest BCUT2D eigenvalue weighted by Crippen LogP contribution is -2.59. The average molecular weight is 229 g/mol. The summed E-state index contributed by atoms with van der Waals surface area (Å²) in [6.45, 7) is 4.38. The summed E-state index contributed by atoms with van der Waals surface area (Å²) in [7, 11) is 2.20. The molecule has 0 aromatic heterocycles. The second kappa shape index (κ2) is 5.53. The molecule has 0 bridgehead atoms. The molecule has 2 atom stereocenters. The summed E-state index contributed by atoms with van der Waals surface area (Å²) in [5, 5.41) is 0. The Morgan fingerprint density at radius 1 is 1.40 bits per heavy atom. The van der Waals surface area contributed by atoms with Crippen LogP contribution >= 0.6 is 11.8 Å². The molecule has 0 aliphatic carbocycles. The molecule has 0 spiro atoms. The third-order valence-electron chi connectivity index (χ3n) is 3.61. The minimum absolute atomic E-state index is 0.590. The quantitative estimate of drug-likeness (QED) is 0.745. The second-order valence-corrected chi connectivity index (χ2v) is 5.91. The molecule has 4 heteroatoms. The van der Waals surface area contributed by atoms with Gasteiger partial charge in [-0.2, -0.15) is 11.8 Å². The topological polar surface area (TPSA) is 32.5 Å².